The van der Waals surface area contributed by atoms with Crippen molar-refractivity contribution in [1.29, 1.82) is 0 Å². The van der Waals surface area contributed by atoms with E-state index in [4.69, 9.17) is 15.2 Å². The van der Waals surface area contributed by atoms with Gasteiger partial charge in [-0.05, 0) is 0 Å². The molecule has 9 heteroatoms. The fraction of sp³-hybridized carbons (Fsp3) is 0.545. The highest BCUT2D eigenvalue weighted by molar-refractivity contribution is 5.70. The summed E-state index contributed by atoms with van der Waals surface area (Å²) in [6.07, 6.45) is 1.43. The quantitative estimate of drug-likeness (QED) is 0.626. The highest BCUT2D eigenvalue weighted by Crippen LogP contribution is 2.44. The molecule has 20 heavy (non-hydrogen) atoms. The molecule has 9 nitrogen and oxygen atoms in total. The van der Waals surface area contributed by atoms with E-state index in [0.29, 0.717) is 18.7 Å². The van der Waals surface area contributed by atoms with Crippen molar-refractivity contribution < 1.29 is 14.6 Å². The second-order valence-corrected chi connectivity index (χ2v) is 5.18. The number of aromatic amines is 1. The molecule has 0 aliphatic carbocycles. The minimum absolute atomic E-state index is 0.0187. The summed E-state index contributed by atoms with van der Waals surface area (Å²) in [4.78, 5) is 22.3. The van der Waals surface area contributed by atoms with E-state index in [0.717, 1.165) is 0 Å². The van der Waals surface area contributed by atoms with Gasteiger partial charge in [-0.3, -0.25) is 14.3 Å². The molecular weight excluding hydrogens is 266 g/mol. The normalized spacial score (nSPS) is 32.2. The highest BCUT2D eigenvalue weighted by Gasteiger charge is 2.54. The molecule has 3 unspecified atom stereocenters. The third-order valence-electron chi connectivity index (χ3n) is 3.84. The Morgan fingerprint density at radius 2 is 2.50 bits per heavy atom. The van der Waals surface area contributed by atoms with Gasteiger partial charge in [0.25, 0.3) is 5.56 Å². The lowest BCUT2D eigenvalue weighted by Gasteiger charge is -2.29. The number of nitrogen functional groups attached to an aromatic ring is 1. The maximum Gasteiger partial charge on any atom is 0.280 e. The summed E-state index contributed by atoms with van der Waals surface area (Å²) in [5.74, 6) is 0.0187. The molecule has 4 heterocycles. The number of aliphatic hydroxyl groups is 1. The molecule has 0 saturated carbocycles. The van der Waals surface area contributed by atoms with Crippen molar-refractivity contribution >= 4 is 17.1 Å². The Balaban J connectivity index is 1.83. The zero-order chi connectivity index (χ0) is 13.9. The number of nitrogens with two attached hydrogens (primary N) is 1. The molecule has 0 aromatic carbocycles. The average Bonchev–Trinajstić information content (AvgIpc) is 3.09. The number of aromatic nitrogens is 4. The number of nitrogens with zero attached hydrogens (tertiary/aromatic N) is 3. The Hall–Kier alpha value is -1.97. The molecule has 106 valence electrons. The predicted molar refractivity (Wildman–Crippen MR) is 66.9 cm³/mol. The number of fused-ring (bicyclic) bond motifs is 3. The van der Waals surface area contributed by atoms with E-state index in [-0.39, 0.29) is 24.2 Å². The third-order valence-corrected chi connectivity index (χ3v) is 3.84. The summed E-state index contributed by atoms with van der Waals surface area (Å²) in [6, 6.07) is 0. The summed E-state index contributed by atoms with van der Waals surface area (Å²) >= 11 is 0. The molecule has 4 N–H and O–H groups in total. The van der Waals surface area contributed by atoms with Gasteiger partial charge < -0.3 is 20.3 Å². The number of H-pyrrole nitrogens is 1. The van der Waals surface area contributed by atoms with E-state index in [2.05, 4.69) is 15.0 Å². The molecule has 2 fully saturated rings. The Morgan fingerprint density at radius 3 is 3.25 bits per heavy atom. The monoisotopic (exact) mass is 279 g/mol. The summed E-state index contributed by atoms with van der Waals surface area (Å²) in [5.41, 5.74) is 5.04. The zero-order valence-electron chi connectivity index (χ0n) is 10.4. The van der Waals surface area contributed by atoms with E-state index in [1.54, 1.807) is 4.57 Å². The topological polar surface area (TPSA) is 128 Å². The van der Waals surface area contributed by atoms with Gasteiger partial charge in [0.05, 0.1) is 19.5 Å². The fourth-order valence-corrected chi connectivity index (χ4v) is 2.85. The molecule has 2 aliphatic heterocycles. The lowest BCUT2D eigenvalue weighted by molar-refractivity contribution is -0.182. The highest BCUT2D eigenvalue weighted by atomic mass is 16.6. The van der Waals surface area contributed by atoms with E-state index in [9.17, 15) is 9.90 Å². The Kier molecular flexibility index (Phi) is 2.23. The van der Waals surface area contributed by atoms with Crippen LogP contribution >= 0.6 is 0 Å². The lowest BCUT2D eigenvalue weighted by atomic mass is 10.0. The second kappa shape index (κ2) is 3.78. The number of hydrogen-bond donors (Lipinski definition) is 3. The summed E-state index contributed by atoms with van der Waals surface area (Å²) in [7, 11) is 0. The number of imidazole rings is 1. The molecule has 0 spiro atoms. The van der Waals surface area contributed by atoms with Gasteiger partial charge in [0.2, 0.25) is 5.95 Å². The van der Waals surface area contributed by atoms with Crippen LogP contribution < -0.4 is 11.3 Å². The molecule has 2 saturated heterocycles. The Labute approximate surface area is 112 Å². The fourth-order valence-electron chi connectivity index (χ4n) is 2.85. The van der Waals surface area contributed by atoms with Gasteiger partial charge >= 0.3 is 0 Å². The zero-order valence-corrected chi connectivity index (χ0v) is 10.4. The number of ether oxygens (including phenoxy) is 2. The van der Waals surface area contributed by atoms with Crippen molar-refractivity contribution in [2.75, 3.05) is 18.9 Å². The third kappa shape index (κ3) is 1.45. The van der Waals surface area contributed by atoms with Crippen molar-refractivity contribution in [1.82, 2.24) is 19.5 Å². The largest absolute Gasteiger partial charge is 0.393 e. The summed E-state index contributed by atoms with van der Waals surface area (Å²) < 4.78 is 13.1. The standard InChI is InChI=1S/C11H13N5O4/c12-10-14-7-6(8(18)15-10)13-4-16(7)9-5-1-11(2-17,20-9)3-19-5/h4-5,9,17H,1-3H2,(H3,12,14,15,18). The SMILES string of the molecule is Nc1nc2c(ncn2C2OC3(CO)COC2C3)c(=O)[nH]1. The molecule has 4 rings (SSSR count). The van der Waals surface area contributed by atoms with E-state index < -0.39 is 17.4 Å². The second-order valence-electron chi connectivity index (χ2n) is 5.18. The first-order valence-electron chi connectivity index (χ1n) is 6.24. The Morgan fingerprint density at radius 1 is 1.65 bits per heavy atom. The van der Waals surface area contributed by atoms with Gasteiger partial charge in [0.15, 0.2) is 17.4 Å². The molecular formula is C11H13N5O4. The number of aliphatic hydroxyl groups excluding tert-OH is 1. The first kappa shape index (κ1) is 11.8. The average molecular weight is 279 g/mol. The van der Waals surface area contributed by atoms with Crippen LogP contribution in [0.2, 0.25) is 0 Å². The first-order valence-corrected chi connectivity index (χ1v) is 6.24. The van der Waals surface area contributed by atoms with Crippen LogP contribution in [0.1, 0.15) is 12.6 Å². The van der Waals surface area contributed by atoms with E-state index in [1.165, 1.54) is 6.33 Å². The van der Waals surface area contributed by atoms with Gasteiger partial charge in [-0.25, -0.2) is 4.98 Å². The Bertz CT molecular complexity index is 740. The molecule has 2 bridgehead atoms. The van der Waals surface area contributed by atoms with Crippen LogP contribution in [0, 0.1) is 0 Å². The molecule has 0 amide bonds. The van der Waals surface area contributed by atoms with Crippen LogP contribution in [0.15, 0.2) is 11.1 Å². The van der Waals surface area contributed by atoms with Gasteiger partial charge in [-0.2, -0.15) is 4.98 Å². The lowest BCUT2D eigenvalue weighted by Crippen LogP contribution is -2.38. The van der Waals surface area contributed by atoms with Crippen molar-refractivity contribution in [2.45, 2.75) is 24.4 Å². The number of anilines is 1. The minimum Gasteiger partial charge on any atom is -0.393 e. The minimum atomic E-state index is -0.668. The molecule has 0 radical (unpaired) electrons. The number of rotatable bonds is 2. The van der Waals surface area contributed by atoms with Gasteiger partial charge in [0.1, 0.15) is 11.7 Å². The number of hydrogen-bond acceptors (Lipinski definition) is 7. The van der Waals surface area contributed by atoms with Crippen molar-refractivity contribution in [3.05, 3.63) is 16.7 Å². The van der Waals surface area contributed by atoms with Crippen molar-refractivity contribution in [3.8, 4) is 0 Å². The summed E-state index contributed by atoms with van der Waals surface area (Å²) in [5, 5.41) is 9.44. The van der Waals surface area contributed by atoms with Crippen LogP contribution in [-0.2, 0) is 9.47 Å². The first-order chi connectivity index (χ1) is 9.62. The van der Waals surface area contributed by atoms with Crippen LogP contribution in [0.3, 0.4) is 0 Å². The van der Waals surface area contributed by atoms with Gasteiger partial charge in [-0.15, -0.1) is 0 Å². The van der Waals surface area contributed by atoms with Crippen LogP contribution in [0.4, 0.5) is 5.95 Å². The van der Waals surface area contributed by atoms with Crippen molar-refractivity contribution in [3.63, 3.8) is 0 Å². The van der Waals surface area contributed by atoms with E-state index in [1.807, 2.05) is 0 Å². The maximum atomic E-state index is 11.7. The molecule has 2 aliphatic rings. The van der Waals surface area contributed by atoms with Crippen LogP contribution in [0.5, 0.6) is 0 Å². The van der Waals surface area contributed by atoms with Crippen LogP contribution in [0.25, 0.3) is 11.2 Å². The number of nitrogens with one attached hydrogen (secondary N) is 1. The molecule has 2 aromatic heterocycles. The smallest absolute Gasteiger partial charge is 0.280 e. The van der Waals surface area contributed by atoms with Gasteiger partial charge in [0, 0.05) is 6.42 Å². The summed E-state index contributed by atoms with van der Waals surface area (Å²) in [6.45, 7) is 0.260. The maximum absolute atomic E-state index is 11.7. The van der Waals surface area contributed by atoms with Crippen molar-refractivity contribution in [2.24, 2.45) is 0 Å². The van der Waals surface area contributed by atoms with Crippen LogP contribution in [-0.4, -0.2) is 49.5 Å². The molecule has 3 atom stereocenters. The predicted octanol–water partition coefficient (Wildman–Crippen LogP) is -1.25. The van der Waals surface area contributed by atoms with Gasteiger partial charge in [-0.1, -0.05) is 0 Å². The van der Waals surface area contributed by atoms with E-state index >= 15 is 0 Å². The molecule has 2 aromatic rings.